The molecule has 0 spiro atoms. The Morgan fingerprint density at radius 3 is 1.56 bits per heavy atom. The van der Waals surface area contributed by atoms with Crippen LogP contribution in [0.4, 0.5) is 0 Å². The van der Waals surface area contributed by atoms with E-state index in [0.29, 0.717) is 22.8 Å². The van der Waals surface area contributed by atoms with Crippen molar-refractivity contribution in [2.45, 2.75) is 86.2 Å². The fourth-order valence-electron chi connectivity index (χ4n) is 6.91. The molecular weight excluding hydrogens is 684 g/mol. The maximum absolute atomic E-state index is 13.1. The van der Waals surface area contributed by atoms with Gasteiger partial charge in [-0.05, 0) is 111 Å². The first-order valence-corrected chi connectivity index (χ1v) is 18.0. The minimum Gasteiger partial charge on any atom is -0.480 e. The van der Waals surface area contributed by atoms with Crippen molar-refractivity contribution in [2.24, 2.45) is 5.92 Å². The molecule has 12 nitrogen and oxygen atoms in total. The second-order valence-corrected chi connectivity index (χ2v) is 14.2. The van der Waals surface area contributed by atoms with Crippen LogP contribution >= 0.6 is 0 Å². The molecule has 0 aromatic carbocycles. The first-order chi connectivity index (χ1) is 25.5. The van der Waals surface area contributed by atoms with Gasteiger partial charge in [-0.25, -0.2) is 14.8 Å². The Balaban J connectivity index is 1.74. The van der Waals surface area contributed by atoms with Gasteiger partial charge >= 0.3 is 11.9 Å². The van der Waals surface area contributed by atoms with Gasteiger partial charge in [-0.15, -0.1) is 0 Å². The molecule has 0 fully saturated rings. The molecule has 54 heavy (non-hydrogen) atoms. The lowest BCUT2D eigenvalue weighted by Gasteiger charge is -2.18. The predicted octanol–water partition coefficient (Wildman–Crippen LogP) is 7.45. The van der Waals surface area contributed by atoms with Gasteiger partial charge in [0.15, 0.2) is 0 Å². The second kappa shape index (κ2) is 15.9. The van der Waals surface area contributed by atoms with E-state index in [1.54, 1.807) is 19.9 Å². The average Bonchev–Trinajstić information content (AvgIpc) is 3.77. The van der Waals surface area contributed by atoms with E-state index in [1.807, 2.05) is 58.0 Å². The number of rotatable bonds is 13. The Morgan fingerprint density at radius 1 is 0.667 bits per heavy atom. The lowest BCUT2D eigenvalue weighted by Crippen LogP contribution is -2.44. The third kappa shape index (κ3) is 7.97. The first-order valence-electron chi connectivity index (χ1n) is 18.0. The number of hydrogen-bond donors (Lipinski definition) is 6. The van der Waals surface area contributed by atoms with Crippen molar-refractivity contribution >= 4 is 80.3 Å². The molecule has 6 N–H and O–H groups in total. The van der Waals surface area contributed by atoms with E-state index >= 15 is 0 Å². The molecule has 2 aliphatic rings. The number of carbonyl (C=O) groups is 4. The van der Waals surface area contributed by atoms with Gasteiger partial charge in [-0.1, -0.05) is 39.2 Å². The zero-order valence-electron chi connectivity index (χ0n) is 31.9. The number of nitrogens with zero attached hydrogens (tertiary/aromatic N) is 2. The number of hydrogen-bond acceptors (Lipinski definition) is 6. The van der Waals surface area contributed by atoms with Crippen LogP contribution in [0, 0.1) is 19.8 Å². The van der Waals surface area contributed by atoms with Gasteiger partial charge in [0.25, 0.3) is 0 Å². The minimum absolute atomic E-state index is 0.0308. The van der Waals surface area contributed by atoms with Gasteiger partial charge < -0.3 is 30.8 Å². The lowest BCUT2D eigenvalue weighted by atomic mass is 9.97. The molecule has 8 bridgehead atoms. The number of fused-ring (bicyclic) bond motifs is 8. The fraction of sp³-hybridized carbons (Fsp3) is 0.333. The molecular formula is C42H48N6O6. The van der Waals surface area contributed by atoms with Gasteiger partial charge in [0.1, 0.15) is 12.1 Å². The van der Waals surface area contributed by atoms with Crippen LogP contribution in [-0.2, 0) is 19.2 Å². The van der Waals surface area contributed by atoms with Gasteiger partial charge in [-0.3, -0.25) is 14.4 Å². The zero-order chi connectivity index (χ0) is 39.6. The predicted molar refractivity (Wildman–Crippen MR) is 214 cm³/mol. The number of carboxylic acid groups (broad SMARTS) is 2. The van der Waals surface area contributed by atoms with E-state index in [4.69, 9.17) is 9.97 Å². The summed E-state index contributed by atoms with van der Waals surface area (Å²) in [5.41, 5.74) is 13.1. The molecule has 2 amide bonds. The smallest absolute Gasteiger partial charge is 0.326 e. The minimum atomic E-state index is -1.12. The molecule has 3 aromatic heterocycles. The van der Waals surface area contributed by atoms with Crippen LogP contribution < -0.4 is 10.6 Å². The van der Waals surface area contributed by atoms with Crippen molar-refractivity contribution in [1.82, 2.24) is 30.6 Å². The quantitative estimate of drug-likeness (QED) is 0.104. The third-order valence-electron chi connectivity index (χ3n) is 10.2. The van der Waals surface area contributed by atoms with E-state index in [1.165, 1.54) is 6.92 Å². The lowest BCUT2D eigenvalue weighted by molar-refractivity contribution is -0.143. The number of nitrogens with one attached hydrogen (secondary N) is 4. The van der Waals surface area contributed by atoms with Crippen molar-refractivity contribution < 1.29 is 29.4 Å². The molecule has 2 atom stereocenters. The average molecular weight is 733 g/mol. The fourth-order valence-corrected chi connectivity index (χ4v) is 6.91. The van der Waals surface area contributed by atoms with Crippen LogP contribution in [0.25, 0.3) is 56.5 Å². The zero-order valence-corrected chi connectivity index (χ0v) is 31.9. The number of aromatic amines is 2. The number of carbonyl (C=O) groups excluding carboxylic acids is 2. The summed E-state index contributed by atoms with van der Waals surface area (Å²) in [5, 5.41) is 24.1. The molecule has 282 valence electrons. The first kappa shape index (κ1) is 39.2. The van der Waals surface area contributed by atoms with Crippen molar-refractivity contribution in [2.75, 3.05) is 0 Å². The van der Waals surface area contributed by atoms with Gasteiger partial charge in [-0.2, -0.15) is 0 Å². The number of H-pyrrole nitrogens is 2. The maximum atomic E-state index is 13.1. The van der Waals surface area contributed by atoms with Crippen molar-refractivity contribution in [3.8, 4) is 0 Å². The highest BCUT2D eigenvalue weighted by Gasteiger charge is 2.26. The molecule has 12 heteroatoms. The molecule has 5 rings (SSSR count). The number of carboxylic acids is 2. The normalized spacial score (nSPS) is 13.9. The standard InChI is InChI=1S/C42H48N6O6/c1-10-26-21(5)30-16-31-23(7)29(13-15-39(50)48-40(20(3)4)42(53)54)36(46-31)19-37-28(12-14-38(49)43-25(9)41(51)52)24(8)33(47-37)18-35-27(11-2)22(6)32(45-35)17-34(26)44-30/h10-11,16-20,25,40,44-45H,1-2,12-15H2,3-9H3,(H,43,49)(H,48,50)(H,51,52)(H,53,54)/t25-,40-/m0/s1. The Kier molecular flexibility index (Phi) is 11.5. The largest absolute Gasteiger partial charge is 0.480 e. The summed E-state index contributed by atoms with van der Waals surface area (Å²) >= 11 is 0. The topological polar surface area (TPSA) is 190 Å². The Bertz CT molecular complexity index is 2320. The molecule has 2 aliphatic heterocycles. The van der Waals surface area contributed by atoms with Crippen molar-refractivity contribution in [1.29, 1.82) is 0 Å². The summed E-state index contributed by atoms with van der Waals surface area (Å²) in [4.78, 5) is 66.4. The highest BCUT2D eigenvalue weighted by molar-refractivity contribution is 5.98. The molecule has 0 aliphatic carbocycles. The van der Waals surface area contributed by atoms with E-state index in [2.05, 4.69) is 33.8 Å². The van der Waals surface area contributed by atoms with Crippen LogP contribution in [0.3, 0.4) is 0 Å². The molecule has 3 aromatic rings. The van der Waals surface area contributed by atoms with Crippen LogP contribution in [-0.4, -0.2) is 66.0 Å². The van der Waals surface area contributed by atoms with Gasteiger partial charge in [0.2, 0.25) is 11.8 Å². The SMILES string of the molecule is C=Cc1c(C)c2cc3[nH]c(cc4nc(cc5nc(cc1[nH]2)C(C)=C5CCC(=O)N[C@@H](C)C(=O)O)C(CCC(=O)N[C@H](C(=O)O)C(C)C)=C4C)c(C)c3C=C. The van der Waals surface area contributed by atoms with E-state index in [0.717, 1.165) is 66.6 Å². The molecule has 5 heterocycles. The summed E-state index contributed by atoms with van der Waals surface area (Å²) in [6.07, 6.45) is 4.25. The number of aliphatic carboxylic acids is 2. The summed E-state index contributed by atoms with van der Waals surface area (Å²) in [6.45, 7) is 21.0. The van der Waals surface area contributed by atoms with Gasteiger partial charge in [0.05, 0.1) is 22.8 Å². The maximum Gasteiger partial charge on any atom is 0.326 e. The Labute approximate surface area is 314 Å². The van der Waals surface area contributed by atoms with E-state index in [9.17, 15) is 29.4 Å². The third-order valence-corrected chi connectivity index (χ3v) is 10.2. The van der Waals surface area contributed by atoms with Crippen LogP contribution in [0.2, 0.25) is 0 Å². The van der Waals surface area contributed by atoms with E-state index in [-0.39, 0.29) is 37.5 Å². The molecule has 0 unspecified atom stereocenters. The number of aromatic nitrogens is 4. The molecule has 0 saturated heterocycles. The Hall–Kier alpha value is -6.04. The summed E-state index contributed by atoms with van der Waals surface area (Å²) in [7, 11) is 0. The summed E-state index contributed by atoms with van der Waals surface area (Å²) in [5.74, 6) is -3.30. The number of aryl methyl sites for hydroxylation is 2. The van der Waals surface area contributed by atoms with Crippen LogP contribution in [0.15, 0.2) is 37.4 Å². The monoisotopic (exact) mass is 732 g/mol. The van der Waals surface area contributed by atoms with Crippen LogP contribution in [0.5, 0.6) is 0 Å². The number of allylic oxidation sites excluding steroid dienone is 4. The number of amides is 2. The highest BCUT2D eigenvalue weighted by Crippen LogP contribution is 2.38. The Morgan fingerprint density at radius 2 is 1.11 bits per heavy atom. The van der Waals surface area contributed by atoms with E-state index < -0.39 is 29.9 Å². The summed E-state index contributed by atoms with van der Waals surface area (Å²) in [6, 6.07) is 5.79. The molecule has 0 radical (unpaired) electrons. The highest BCUT2D eigenvalue weighted by atomic mass is 16.4. The summed E-state index contributed by atoms with van der Waals surface area (Å²) < 4.78 is 0. The van der Waals surface area contributed by atoms with Gasteiger partial charge in [0, 0.05) is 46.0 Å². The van der Waals surface area contributed by atoms with Crippen LogP contribution in [0.1, 0.15) is 105 Å². The van der Waals surface area contributed by atoms with Crippen molar-refractivity contribution in [3.05, 3.63) is 82.5 Å². The second-order valence-electron chi connectivity index (χ2n) is 14.2. The van der Waals surface area contributed by atoms with Crippen molar-refractivity contribution in [3.63, 3.8) is 0 Å². The molecule has 0 saturated carbocycles.